The molecule has 1 amide bonds. The average Bonchev–Trinajstić information content (AvgIpc) is 3.23. The summed E-state index contributed by atoms with van der Waals surface area (Å²) in [5, 5.41) is 0. The van der Waals surface area contributed by atoms with Gasteiger partial charge in [0.25, 0.3) is 5.91 Å². The molecule has 1 aromatic heterocycles. The lowest BCUT2D eigenvalue weighted by molar-refractivity contribution is 0.0633. The van der Waals surface area contributed by atoms with Gasteiger partial charge in [-0.25, -0.2) is 0 Å². The number of piperazine rings is 1. The summed E-state index contributed by atoms with van der Waals surface area (Å²) < 4.78 is 11.4. The first-order valence-corrected chi connectivity index (χ1v) is 9.04. The first kappa shape index (κ1) is 15.7. The first-order chi connectivity index (χ1) is 11.7. The van der Waals surface area contributed by atoms with E-state index >= 15 is 0 Å². The minimum atomic E-state index is 0.0784. The highest BCUT2D eigenvalue weighted by Crippen LogP contribution is 2.33. The maximum Gasteiger partial charge on any atom is 0.264 e. The molecule has 2 aromatic rings. The number of halogens is 1. The molecule has 0 N–H and O–H groups in total. The predicted molar refractivity (Wildman–Crippen MR) is 93.1 cm³/mol. The van der Waals surface area contributed by atoms with Crippen LogP contribution in [0.1, 0.15) is 15.2 Å². The van der Waals surface area contributed by atoms with E-state index in [4.69, 9.17) is 21.1 Å². The van der Waals surface area contributed by atoms with Gasteiger partial charge in [-0.05, 0) is 29.8 Å². The Bertz CT molecular complexity index is 756. The van der Waals surface area contributed by atoms with Crippen LogP contribution in [0.5, 0.6) is 11.5 Å². The van der Waals surface area contributed by atoms with Gasteiger partial charge < -0.3 is 14.4 Å². The van der Waals surface area contributed by atoms with Crippen molar-refractivity contribution in [3.05, 3.63) is 45.1 Å². The van der Waals surface area contributed by atoms with Gasteiger partial charge in [-0.2, -0.15) is 0 Å². The molecule has 0 radical (unpaired) electrons. The van der Waals surface area contributed by atoms with Crippen molar-refractivity contribution >= 4 is 28.8 Å². The van der Waals surface area contributed by atoms with Gasteiger partial charge in [-0.3, -0.25) is 9.69 Å². The molecule has 2 aliphatic heterocycles. The third-order valence-corrected chi connectivity index (χ3v) is 5.51. The van der Waals surface area contributed by atoms with Crippen molar-refractivity contribution in [2.45, 2.75) is 6.54 Å². The molecule has 24 heavy (non-hydrogen) atoms. The van der Waals surface area contributed by atoms with Crippen molar-refractivity contribution in [2.24, 2.45) is 0 Å². The zero-order valence-corrected chi connectivity index (χ0v) is 14.6. The Morgan fingerprint density at radius 3 is 2.62 bits per heavy atom. The fourth-order valence-corrected chi connectivity index (χ4v) is 4.00. The molecule has 0 atom stereocenters. The zero-order valence-electron chi connectivity index (χ0n) is 13.0. The molecule has 7 heteroatoms. The van der Waals surface area contributed by atoms with Crippen molar-refractivity contribution in [1.29, 1.82) is 0 Å². The minimum absolute atomic E-state index is 0.0784. The van der Waals surface area contributed by atoms with Crippen LogP contribution in [0.15, 0.2) is 30.3 Å². The SMILES string of the molecule is O=C(c1ccc(Cl)s1)N1CCN(Cc2ccc3c(c2)OCO3)CC1. The third-order valence-electron chi connectivity index (χ3n) is 4.29. The van der Waals surface area contributed by atoms with Gasteiger partial charge in [0.2, 0.25) is 6.79 Å². The summed E-state index contributed by atoms with van der Waals surface area (Å²) in [7, 11) is 0. The summed E-state index contributed by atoms with van der Waals surface area (Å²) in [6.45, 7) is 4.34. The van der Waals surface area contributed by atoms with E-state index in [1.807, 2.05) is 17.0 Å². The fraction of sp³-hybridized carbons (Fsp3) is 0.353. The summed E-state index contributed by atoms with van der Waals surface area (Å²) in [5.74, 6) is 1.70. The van der Waals surface area contributed by atoms with Crippen LogP contribution in [0, 0.1) is 0 Å². The minimum Gasteiger partial charge on any atom is -0.454 e. The molecular formula is C17H17ClN2O3S. The van der Waals surface area contributed by atoms with Crippen LogP contribution in [0.4, 0.5) is 0 Å². The molecule has 1 fully saturated rings. The van der Waals surface area contributed by atoms with Gasteiger partial charge in [0.15, 0.2) is 11.5 Å². The lowest BCUT2D eigenvalue weighted by Crippen LogP contribution is -2.48. The molecule has 3 heterocycles. The molecule has 0 spiro atoms. The van der Waals surface area contributed by atoms with E-state index in [1.165, 1.54) is 16.9 Å². The molecule has 4 rings (SSSR count). The number of rotatable bonds is 3. The number of fused-ring (bicyclic) bond motifs is 1. The van der Waals surface area contributed by atoms with Crippen LogP contribution in [0.3, 0.4) is 0 Å². The van der Waals surface area contributed by atoms with Crippen molar-refractivity contribution in [3.63, 3.8) is 0 Å². The van der Waals surface area contributed by atoms with Crippen molar-refractivity contribution in [2.75, 3.05) is 33.0 Å². The van der Waals surface area contributed by atoms with Gasteiger partial charge in [-0.1, -0.05) is 17.7 Å². The lowest BCUT2D eigenvalue weighted by atomic mass is 10.1. The Labute approximate surface area is 149 Å². The molecule has 0 saturated carbocycles. The lowest BCUT2D eigenvalue weighted by Gasteiger charge is -2.34. The summed E-state index contributed by atoms with van der Waals surface area (Å²) in [4.78, 5) is 17.4. The second kappa shape index (κ2) is 6.63. The highest BCUT2D eigenvalue weighted by Gasteiger charge is 2.23. The summed E-state index contributed by atoms with van der Waals surface area (Å²) in [5.41, 5.74) is 1.20. The number of benzene rings is 1. The first-order valence-electron chi connectivity index (χ1n) is 7.84. The second-order valence-corrected chi connectivity index (χ2v) is 7.57. The predicted octanol–water partition coefficient (Wildman–Crippen LogP) is 3.09. The Balaban J connectivity index is 1.34. The zero-order chi connectivity index (χ0) is 16.5. The molecular weight excluding hydrogens is 348 g/mol. The van der Waals surface area contributed by atoms with E-state index in [-0.39, 0.29) is 5.91 Å². The molecule has 1 saturated heterocycles. The topological polar surface area (TPSA) is 42.0 Å². The van der Waals surface area contributed by atoms with Crippen LogP contribution in [-0.2, 0) is 6.54 Å². The molecule has 5 nitrogen and oxygen atoms in total. The number of hydrogen-bond acceptors (Lipinski definition) is 5. The number of ether oxygens (including phenoxy) is 2. The Kier molecular flexibility index (Phi) is 4.35. The van der Waals surface area contributed by atoms with Crippen LogP contribution >= 0.6 is 22.9 Å². The van der Waals surface area contributed by atoms with Crippen LogP contribution in [0.2, 0.25) is 4.34 Å². The highest BCUT2D eigenvalue weighted by molar-refractivity contribution is 7.17. The van der Waals surface area contributed by atoms with Crippen LogP contribution in [0.25, 0.3) is 0 Å². The Morgan fingerprint density at radius 2 is 1.88 bits per heavy atom. The largest absolute Gasteiger partial charge is 0.454 e. The molecule has 126 valence electrons. The van der Waals surface area contributed by atoms with Gasteiger partial charge in [-0.15, -0.1) is 11.3 Å². The van der Waals surface area contributed by atoms with E-state index in [1.54, 1.807) is 12.1 Å². The van der Waals surface area contributed by atoms with E-state index < -0.39 is 0 Å². The number of nitrogens with zero attached hydrogens (tertiary/aromatic N) is 2. The number of carbonyl (C=O) groups excluding carboxylic acids is 1. The summed E-state index contributed by atoms with van der Waals surface area (Å²) in [6, 6.07) is 9.63. The number of carbonyl (C=O) groups is 1. The highest BCUT2D eigenvalue weighted by atomic mass is 35.5. The van der Waals surface area contributed by atoms with Gasteiger partial charge in [0.05, 0.1) is 9.21 Å². The second-order valence-electron chi connectivity index (χ2n) is 5.86. The van der Waals surface area contributed by atoms with E-state index in [2.05, 4.69) is 11.0 Å². The Hall–Kier alpha value is -1.76. The molecule has 1 aromatic carbocycles. The van der Waals surface area contributed by atoms with Crippen LogP contribution < -0.4 is 9.47 Å². The number of thiophene rings is 1. The maximum atomic E-state index is 12.4. The normalized spacial score (nSPS) is 17.3. The van der Waals surface area contributed by atoms with Gasteiger partial charge >= 0.3 is 0 Å². The smallest absolute Gasteiger partial charge is 0.264 e. The monoisotopic (exact) mass is 364 g/mol. The fourth-order valence-electron chi connectivity index (χ4n) is 2.99. The van der Waals surface area contributed by atoms with Gasteiger partial charge in [0, 0.05) is 32.7 Å². The van der Waals surface area contributed by atoms with Crippen molar-refractivity contribution < 1.29 is 14.3 Å². The van der Waals surface area contributed by atoms with Crippen molar-refractivity contribution in [1.82, 2.24) is 9.80 Å². The molecule has 0 unspecified atom stereocenters. The van der Waals surface area contributed by atoms with E-state index in [9.17, 15) is 4.79 Å². The molecule has 2 aliphatic rings. The van der Waals surface area contributed by atoms with Crippen LogP contribution in [-0.4, -0.2) is 48.7 Å². The summed E-state index contributed by atoms with van der Waals surface area (Å²) >= 11 is 7.26. The Morgan fingerprint density at radius 1 is 1.08 bits per heavy atom. The average molecular weight is 365 g/mol. The third kappa shape index (κ3) is 3.22. The number of hydrogen-bond donors (Lipinski definition) is 0. The quantitative estimate of drug-likeness (QED) is 0.839. The summed E-state index contributed by atoms with van der Waals surface area (Å²) in [6.07, 6.45) is 0. The number of amides is 1. The van der Waals surface area contributed by atoms with Crippen molar-refractivity contribution in [3.8, 4) is 11.5 Å². The maximum absolute atomic E-state index is 12.4. The van der Waals surface area contributed by atoms with E-state index in [0.717, 1.165) is 44.2 Å². The standard InChI is InChI=1S/C17H17ClN2O3S/c18-16-4-3-15(24-16)17(21)20-7-5-19(6-8-20)10-12-1-2-13-14(9-12)23-11-22-13/h1-4,9H,5-8,10-11H2. The van der Waals surface area contributed by atoms with Gasteiger partial charge in [0.1, 0.15) is 0 Å². The molecule has 0 aliphatic carbocycles. The molecule has 0 bridgehead atoms. The van der Waals surface area contributed by atoms with E-state index in [0.29, 0.717) is 16.0 Å².